The van der Waals surface area contributed by atoms with Crippen LogP contribution in [-0.2, 0) is 50.1 Å². The minimum absolute atomic E-state index is 0.195. The van der Waals surface area contributed by atoms with Crippen molar-refractivity contribution in [1.29, 1.82) is 0 Å². The molecule has 0 spiro atoms. The highest BCUT2D eigenvalue weighted by Crippen LogP contribution is 2.40. The zero-order valence-electron chi connectivity index (χ0n) is 36.6. The van der Waals surface area contributed by atoms with E-state index in [1.54, 1.807) is 0 Å². The van der Waals surface area contributed by atoms with Gasteiger partial charge in [0.25, 0.3) is 6.02 Å². The summed E-state index contributed by atoms with van der Waals surface area (Å²) in [6, 6.07) is 42.2. The standard InChI is InChI=1S/C53H72N2O5/c1-3-5-7-9-11-13-27-37-54-53-55(38-28-14-12-10-8-6-4-2)47-48(56-39-43-29-19-15-20-30-43)50(57-40-44-31-21-16-22-32-44)52(59-42-46-35-25-18-26-36-46)51(49(47)60-53)58-41-45-33-23-17-24-34-45/h15-26,29-36,47-52H,3-14,27-28,37-42H2,1-2H3/t47-,48+,49-,50-,51+,52+/m1/s1. The van der Waals surface area contributed by atoms with Crippen LogP contribution in [0, 0.1) is 0 Å². The fourth-order valence-electron chi connectivity index (χ4n) is 8.63. The third-order valence-electron chi connectivity index (χ3n) is 12.0. The average Bonchev–Trinajstić information content (AvgIpc) is 3.65. The lowest BCUT2D eigenvalue weighted by Crippen LogP contribution is -2.67. The molecule has 1 heterocycles. The predicted octanol–water partition coefficient (Wildman–Crippen LogP) is 12.3. The van der Waals surface area contributed by atoms with E-state index in [2.05, 4.69) is 122 Å². The van der Waals surface area contributed by atoms with Crippen LogP contribution in [0.4, 0.5) is 0 Å². The Morgan fingerprint density at radius 1 is 0.433 bits per heavy atom. The van der Waals surface area contributed by atoms with Crippen LogP contribution < -0.4 is 0 Å². The second-order valence-electron chi connectivity index (χ2n) is 16.7. The molecule has 0 unspecified atom stereocenters. The first-order valence-electron chi connectivity index (χ1n) is 23.3. The molecule has 6 atom stereocenters. The monoisotopic (exact) mass is 817 g/mol. The Balaban J connectivity index is 1.35. The maximum atomic E-state index is 7.18. The van der Waals surface area contributed by atoms with E-state index in [0.717, 1.165) is 48.2 Å². The number of ether oxygens (including phenoxy) is 5. The average molecular weight is 817 g/mol. The second kappa shape index (κ2) is 26.4. The van der Waals surface area contributed by atoms with E-state index in [1.807, 2.05) is 18.2 Å². The van der Waals surface area contributed by atoms with Gasteiger partial charge in [-0.3, -0.25) is 0 Å². The Labute approximate surface area is 361 Å². The molecule has 1 saturated carbocycles. The molecule has 2 aliphatic rings. The summed E-state index contributed by atoms with van der Waals surface area (Å²) in [5.41, 5.74) is 4.41. The van der Waals surface area contributed by atoms with Gasteiger partial charge in [0.15, 0.2) is 6.10 Å². The molecular weight excluding hydrogens is 745 g/mol. The fraction of sp³-hybridized carbons (Fsp3) is 0.528. The van der Waals surface area contributed by atoms with Crippen LogP contribution in [0.1, 0.15) is 126 Å². The smallest absolute Gasteiger partial charge is 0.288 e. The van der Waals surface area contributed by atoms with E-state index in [0.29, 0.717) is 32.4 Å². The maximum Gasteiger partial charge on any atom is 0.288 e. The molecule has 1 aliphatic heterocycles. The number of aliphatic imine (C=N–C) groups is 1. The fourth-order valence-corrected chi connectivity index (χ4v) is 8.63. The first-order chi connectivity index (χ1) is 29.7. The van der Waals surface area contributed by atoms with Crippen LogP contribution >= 0.6 is 0 Å². The van der Waals surface area contributed by atoms with Crippen molar-refractivity contribution in [1.82, 2.24) is 4.90 Å². The Morgan fingerprint density at radius 3 is 1.25 bits per heavy atom. The van der Waals surface area contributed by atoms with Gasteiger partial charge in [0.2, 0.25) is 0 Å². The van der Waals surface area contributed by atoms with Crippen LogP contribution in [0.5, 0.6) is 0 Å². The lowest BCUT2D eigenvalue weighted by Gasteiger charge is -2.48. The van der Waals surface area contributed by atoms with Crippen molar-refractivity contribution in [3.8, 4) is 0 Å². The summed E-state index contributed by atoms with van der Waals surface area (Å²) in [6.07, 6.45) is 15.1. The van der Waals surface area contributed by atoms with Crippen LogP contribution in [0.2, 0.25) is 0 Å². The van der Waals surface area contributed by atoms with Crippen molar-refractivity contribution < 1.29 is 23.7 Å². The van der Waals surface area contributed by atoms with Gasteiger partial charge in [-0.05, 0) is 35.1 Å². The van der Waals surface area contributed by atoms with Gasteiger partial charge in [0, 0.05) is 13.1 Å². The lowest BCUT2D eigenvalue weighted by molar-refractivity contribution is -0.245. The summed E-state index contributed by atoms with van der Waals surface area (Å²) in [5.74, 6) is 0. The molecule has 2 fully saturated rings. The summed E-state index contributed by atoms with van der Waals surface area (Å²) >= 11 is 0. The highest BCUT2D eigenvalue weighted by molar-refractivity contribution is 5.77. The third-order valence-corrected chi connectivity index (χ3v) is 12.0. The number of nitrogens with zero attached hydrogens (tertiary/aromatic N) is 2. The molecule has 0 radical (unpaired) electrons. The van der Waals surface area contributed by atoms with E-state index >= 15 is 0 Å². The zero-order valence-corrected chi connectivity index (χ0v) is 36.6. The highest BCUT2D eigenvalue weighted by atomic mass is 16.6. The van der Waals surface area contributed by atoms with Crippen LogP contribution in [0.25, 0.3) is 0 Å². The van der Waals surface area contributed by atoms with Gasteiger partial charge in [0.05, 0.1) is 26.4 Å². The number of benzene rings is 4. The lowest BCUT2D eigenvalue weighted by atomic mass is 9.81. The van der Waals surface area contributed by atoms with Gasteiger partial charge in [0.1, 0.15) is 30.5 Å². The summed E-state index contributed by atoms with van der Waals surface area (Å²) in [6.45, 7) is 7.82. The van der Waals surface area contributed by atoms with E-state index in [-0.39, 0.29) is 12.1 Å². The molecule has 324 valence electrons. The number of hydrogen-bond donors (Lipinski definition) is 0. The van der Waals surface area contributed by atoms with Crippen molar-refractivity contribution in [2.24, 2.45) is 4.99 Å². The molecule has 0 bridgehead atoms. The van der Waals surface area contributed by atoms with E-state index < -0.39 is 24.4 Å². The minimum Gasteiger partial charge on any atom is -0.457 e. The van der Waals surface area contributed by atoms with E-state index in [9.17, 15) is 0 Å². The van der Waals surface area contributed by atoms with Gasteiger partial charge in [-0.15, -0.1) is 0 Å². The Morgan fingerprint density at radius 2 is 0.800 bits per heavy atom. The Kier molecular flexibility index (Phi) is 20.0. The van der Waals surface area contributed by atoms with Crippen molar-refractivity contribution >= 4 is 6.02 Å². The zero-order chi connectivity index (χ0) is 41.5. The van der Waals surface area contributed by atoms with Crippen LogP contribution in [0.15, 0.2) is 126 Å². The molecule has 0 aromatic heterocycles. The highest BCUT2D eigenvalue weighted by Gasteiger charge is 2.60. The number of fused-ring (bicyclic) bond motifs is 1. The van der Waals surface area contributed by atoms with Gasteiger partial charge in [-0.2, -0.15) is 0 Å². The number of hydrogen-bond acceptors (Lipinski definition) is 6. The molecule has 0 N–H and O–H groups in total. The normalized spacial score (nSPS) is 21.9. The molecule has 4 aromatic carbocycles. The van der Waals surface area contributed by atoms with Crippen molar-refractivity contribution in [2.75, 3.05) is 13.1 Å². The molecular formula is C53H72N2O5. The molecule has 60 heavy (non-hydrogen) atoms. The molecule has 1 aliphatic carbocycles. The van der Waals surface area contributed by atoms with Crippen LogP contribution in [0.3, 0.4) is 0 Å². The van der Waals surface area contributed by atoms with Gasteiger partial charge in [-0.1, -0.05) is 212 Å². The largest absolute Gasteiger partial charge is 0.457 e. The SMILES string of the molecule is CCCCCCCCCN=C1O[C@H]2[C@H](OCc3ccccc3)[C@@H](OCc3ccccc3)[C@H](OCc3ccccc3)[C@@H](OCc3ccccc3)[C@H]2N1CCCCCCCCC. The predicted molar refractivity (Wildman–Crippen MR) is 244 cm³/mol. The minimum atomic E-state index is -0.498. The molecule has 7 heteroatoms. The second-order valence-corrected chi connectivity index (χ2v) is 16.7. The number of amidine groups is 1. The van der Waals surface area contributed by atoms with Gasteiger partial charge < -0.3 is 28.6 Å². The summed E-state index contributed by atoms with van der Waals surface area (Å²) in [4.78, 5) is 7.70. The van der Waals surface area contributed by atoms with E-state index in [1.165, 1.54) is 77.0 Å². The summed E-state index contributed by atoms with van der Waals surface area (Å²) in [5, 5.41) is 0. The van der Waals surface area contributed by atoms with Crippen LogP contribution in [-0.4, -0.2) is 60.6 Å². The topological polar surface area (TPSA) is 61.8 Å². The third kappa shape index (κ3) is 14.3. The summed E-state index contributed by atoms with van der Waals surface area (Å²) < 4.78 is 35.6. The number of rotatable bonds is 28. The van der Waals surface area contributed by atoms with Crippen molar-refractivity contribution in [2.45, 2.75) is 167 Å². The van der Waals surface area contributed by atoms with E-state index in [4.69, 9.17) is 28.7 Å². The van der Waals surface area contributed by atoms with Crippen molar-refractivity contribution in [3.63, 3.8) is 0 Å². The first kappa shape index (κ1) is 45.5. The molecule has 1 saturated heterocycles. The molecule has 7 nitrogen and oxygen atoms in total. The van der Waals surface area contributed by atoms with Gasteiger partial charge in [-0.25, -0.2) is 4.99 Å². The van der Waals surface area contributed by atoms with Gasteiger partial charge >= 0.3 is 0 Å². The first-order valence-corrected chi connectivity index (χ1v) is 23.3. The Hall–Kier alpha value is -4.01. The molecule has 6 rings (SSSR count). The summed E-state index contributed by atoms with van der Waals surface area (Å²) in [7, 11) is 0. The Bertz CT molecular complexity index is 1730. The quantitative estimate of drug-likeness (QED) is 0.0532. The maximum absolute atomic E-state index is 7.18. The molecule has 0 amide bonds. The van der Waals surface area contributed by atoms with Crippen molar-refractivity contribution in [3.05, 3.63) is 144 Å². The molecule has 4 aromatic rings. The number of unbranched alkanes of at least 4 members (excludes halogenated alkanes) is 12.